The number of H-pyrrole nitrogens is 1. The van der Waals surface area contributed by atoms with Gasteiger partial charge in [-0.3, -0.25) is 9.69 Å². The minimum Gasteiger partial charge on any atom is -0.379 e. The molecule has 0 amide bonds. The van der Waals surface area contributed by atoms with Crippen molar-refractivity contribution in [1.82, 2.24) is 14.9 Å². The summed E-state index contributed by atoms with van der Waals surface area (Å²) in [6, 6.07) is 19.4. The number of ether oxygens (including phenoxy) is 1. The normalized spacial score (nSPS) is 15.1. The molecule has 0 saturated carbocycles. The van der Waals surface area contributed by atoms with Gasteiger partial charge < -0.3 is 9.72 Å². The Balaban J connectivity index is 1.71. The van der Waals surface area contributed by atoms with Crippen LogP contribution >= 0.6 is 0 Å². The minimum atomic E-state index is -0.143. The summed E-state index contributed by atoms with van der Waals surface area (Å²) in [6.07, 6.45) is 0. The van der Waals surface area contributed by atoms with E-state index < -0.39 is 0 Å². The molecule has 2 heterocycles. The van der Waals surface area contributed by atoms with Gasteiger partial charge in [-0.25, -0.2) is 4.98 Å². The van der Waals surface area contributed by atoms with Crippen molar-refractivity contribution in [2.75, 3.05) is 26.3 Å². The molecule has 4 rings (SSSR count). The van der Waals surface area contributed by atoms with Gasteiger partial charge in [-0.1, -0.05) is 54.6 Å². The fourth-order valence-corrected chi connectivity index (χ4v) is 3.23. The van der Waals surface area contributed by atoms with Crippen molar-refractivity contribution in [2.24, 2.45) is 0 Å². The number of morpholine rings is 1. The van der Waals surface area contributed by atoms with Crippen LogP contribution in [-0.4, -0.2) is 41.2 Å². The van der Waals surface area contributed by atoms with E-state index in [9.17, 15) is 4.79 Å². The van der Waals surface area contributed by atoms with Crippen LogP contribution in [0.25, 0.3) is 22.6 Å². The molecule has 5 nitrogen and oxygen atoms in total. The summed E-state index contributed by atoms with van der Waals surface area (Å²) >= 11 is 0. The first-order valence-corrected chi connectivity index (χ1v) is 8.85. The molecule has 26 heavy (non-hydrogen) atoms. The van der Waals surface area contributed by atoms with Crippen LogP contribution < -0.4 is 5.56 Å². The minimum absolute atomic E-state index is 0.143. The highest BCUT2D eigenvalue weighted by molar-refractivity contribution is 5.65. The Morgan fingerprint density at radius 1 is 1.00 bits per heavy atom. The van der Waals surface area contributed by atoms with Gasteiger partial charge in [0.25, 0.3) is 5.56 Å². The average molecular weight is 347 g/mol. The molecule has 1 N–H and O–H groups in total. The molecule has 1 saturated heterocycles. The van der Waals surface area contributed by atoms with Crippen LogP contribution in [0.5, 0.6) is 0 Å². The van der Waals surface area contributed by atoms with E-state index in [1.165, 1.54) is 0 Å². The van der Waals surface area contributed by atoms with Gasteiger partial charge in [0.05, 0.1) is 18.9 Å². The molecule has 0 unspecified atom stereocenters. The maximum atomic E-state index is 12.2. The molecule has 0 aliphatic carbocycles. The summed E-state index contributed by atoms with van der Waals surface area (Å²) in [5, 5.41) is 0. The van der Waals surface area contributed by atoms with Crippen molar-refractivity contribution in [3.63, 3.8) is 0 Å². The van der Waals surface area contributed by atoms with Crippen molar-refractivity contribution in [3.8, 4) is 22.6 Å². The number of hydrogen-bond acceptors (Lipinski definition) is 4. The number of benzene rings is 2. The molecule has 1 fully saturated rings. The number of hydrogen-bond donors (Lipinski definition) is 1. The third-order valence-electron chi connectivity index (χ3n) is 4.58. The van der Waals surface area contributed by atoms with Crippen LogP contribution in [0, 0.1) is 0 Å². The highest BCUT2D eigenvalue weighted by atomic mass is 16.5. The van der Waals surface area contributed by atoms with E-state index in [0.29, 0.717) is 11.5 Å². The Hall–Kier alpha value is -2.76. The van der Waals surface area contributed by atoms with E-state index in [2.05, 4.69) is 16.0 Å². The molecule has 5 heteroatoms. The molecule has 3 aromatic rings. The Kier molecular flexibility index (Phi) is 4.91. The predicted octanol–water partition coefficient (Wildman–Crippen LogP) is 2.94. The average Bonchev–Trinajstić information content (AvgIpc) is 2.69. The van der Waals surface area contributed by atoms with Crippen molar-refractivity contribution in [3.05, 3.63) is 76.6 Å². The Bertz CT molecular complexity index is 931. The number of nitrogens with zero attached hydrogens (tertiary/aromatic N) is 2. The van der Waals surface area contributed by atoms with Gasteiger partial charge in [0.15, 0.2) is 0 Å². The van der Waals surface area contributed by atoms with E-state index in [1.54, 1.807) is 6.07 Å². The van der Waals surface area contributed by atoms with Crippen molar-refractivity contribution < 1.29 is 4.74 Å². The second kappa shape index (κ2) is 7.64. The zero-order valence-corrected chi connectivity index (χ0v) is 14.5. The van der Waals surface area contributed by atoms with Crippen LogP contribution in [0.15, 0.2) is 65.5 Å². The molecule has 132 valence electrons. The van der Waals surface area contributed by atoms with Gasteiger partial charge in [0.2, 0.25) is 0 Å². The number of nitrogens with one attached hydrogen (secondary N) is 1. The van der Waals surface area contributed by atoms with Crippen LogP contribution in [0.3, 0.4) is 0 Å². The molecule has 1 aromatic heterocycles. The first-order valence-electron chi connectivity index (χ1n) is 8.85. The predicted molar refractivity (Wildman–Crippen MR) is 102 cm³/mol. The molecular formula is C21H21N3O2. The summed E-state index contributed by atoms with van der Waals surface area (Å²) in [6.45, 7) is 4.19. The Morgan fingerprint density at radius 3 is 2.54 bits per heavy atom. The maximum Gasteiger partial charge on any atom is 0.251 e. The van der Waals surface area contributed by atoms with E-state index in [1.807, 2.05) is 48.5 Å². The topological polar surface area (TPSA) is 58.2 Å². The lowest BCUT2D eigenvalue weighted by molar-refractivity contribution is 0.0342. The molecule has 0 spiro atoms. The monoisotopic (exact) mass is 347 g/mol. The first-order chi connectivity index (χ1) is 12.8. The lowest BCUT2D eigenvalue weighted by Crippen LogP contribution is -2.35. The summed E-state index contributed by atoms with van der Waals surface area (Å²) in [7, 11) is 0. The fraction of sp³-hybridized carbons (Fsp3) is 0.238. The highest BCUT2D eigenvalue weighted by Crippen LogP contribution is 2.23. The van der Waals surface area contributed by atoms with Gasteiger partial charge in [-0.05, 0) is 5.56 Å². The SMILES string of the molecule is O=c1cc(-c2ccccc2)nc(-c2ccccc2CN2CCOCC2)[nH]1. The maximum absolute atomic E-state index is 12.2. The molecule has 0 atom stereocenters. The smallest absolute Gasteiger partial charge is 0.251 e. The second-order valence-electron chi connectivity index (χ2n) is 6.39. The number of aromatic amines is 1. The van der Waals surface area contributed by atoms with E-state index in [4.69, 9.17) is 9.72 Å². The lowest BCUT2D eigenvalue weighted by Gasteiger charge is -2.27. The zero-order valence-electron chi connectivity index (χ0n) is 14.5. The van der Waals surface area contributed by atoms with Crippen molar-refractivity contribution in [2.45, 2.75) is 6.54 Å². The van der Waals surface area contributed by atoms with Crippen LogP contribution in [0.4, 0.5) is 0 Å². The Labute approximate surface area is 152 Å². The molecule has 0 bridgehead atoms. The van der Waals surface area contributed by atoms with E-state index in [-0.39, 0.29) is 5.56 Å². The summed E-state index contributed by atoms with van der Waals surface area (Å²) in [5.74, 6) is 0.611. The van der Waals surface area contributed by atoms with Crippen LogP contribution in [-0.2, 0) is 11.3 Å². The molecule has 1 aliphatic heterocycles. The fourth-order valence-electron chi connectivity index (χ4n) is 3.23. The van der Waals surface area contributed by atoms with Crippen molar-refractivity contribution in [1.29, 1.82) is 0 Å². The largest absolute Gasteiger partial charge is 0.379 e. The summed E-state index contributed by atoms with van der Waals surface area (Å²) < 4.78 is 5.43. The van der Waals surface area contributed by atoms with Crippen LogP contribution in [0.1, 0.15) is 5.56 Å². The first kappa shape index (κ1) is 16.7. The standard InChI is InChI=1S/C21H21N3O2/c25-20-14-19(16-6-2-1-3-7-16)22-21(23-20)18-9-5-4-8-17(18)15-24-10-12-26-13-11-24/h1-9,14H,10-13,15H2,(H,22,23,25). The van der Waals surface area contributed by atoms with Gasteiger partial charge in [0.1, 0.15) is 5.82 Å². The Morgan fingerprint density at radius 2 is 1.73 bits per heavy atom. The number of aromatic nitrogens is 2. The third-order valence-corrected chi connectivity index (χ3v) is 4.58. The van der Waals surface area contributed by atoms with Gasteiger partial charge in [0, 0.05) is 36.8 Å². The van der Waals surface area contributed by atoms with Crippen LogP contribution in [0.2, 0.25) is 0 Å². The summed E-state index contributed by atoms with van der Waals surface area (Å²) in [5.41, 5.74) is 3.60. The molecule has 1 aliphatic rings. The van der Waals surface area contributed by atoms with E-state index in [0.717, 1.165) is 49.5 Å². The molecular weight excluding hydrogens is 326 g/mol. The molecule has 2 aromatic carbocycles. The van der Waals surface area contributed by atoms with Gasteiger partial charge in [-0.2, -0.15) is 0 Å². The highest BCUT2D eigenvalue weighted by Gasteiger charge is 2.15. The number of rotatable bonds is 4. The summed E-state index contributed by atoms with van der Waals surface area (Å²) in [4.78, 5) is 22.2. The van der Waals surface area contributed by atoms with Gasteiger partial charge >= 0.3 is 0 Å². The zero-order chi connectivity index (χ0) is 17.8. The van der Waals surface area contributed by atoms with E-state index >= 15 is 0 Å². The lowest BCUT2D eigenvalue weighted by atomic mass is 10.1. The second-order valence-corrected chi connectivity index (χ2v) is 6.39. The molecule has 0 radical (unpaired) electrons. The van der Waals surface area contributed by atoms with Gasteiger partial charge in [-0.15, -0.1) is 0 Å². The quantitative estimate of drug-likeness (QED) is 0.788. The third kappa shape index (κ3) is 3.74. The van der Waals surface area contributed by atoms with Crippen molar-refractivity contribution >= 4 is 0 Å².